The molecule has 2 rings (SSSR count). The van der Waals surface area contributed by atoms with Crippen LogP contribution in [0.25, 0.3) is 0 Å². The molecule has 4 unspecified atom stereocenters. The van der Waals surface area contributed by atoms with E-state index in [1.807, 2.05) is 0 Å². The summed E-state index contributed by atoms with van der Waals surface area (Å²) in [5, 5.41) is -0.621. The summed E-state index contributed by atoms with van der Waals surface area (Å²) in [7, 11) is -1.88. The highest BCUT2D eigenvalue weighted by molar-refractivity contribution is 7.92. The van der Waals surface area contributed by atoms with Crippen molar-refractivity contribution in [3.8, 4) is 0 Å². The van der Waals surface area contributed by atoms with Gasteiger partial charge in [-0.05, 0) is 43.9 Å². The molecule has 0 heterocycles. The Hall–Kier alpha value is -0.580. The molecular weight excluding hydrogens is 252 g/mol. The van der Waals surface area contributed by atoms with Crippen molar-refractivity contribution in [2.45, 2.75) is 44.3 Å². The molecule has 2 aliphatic rings. The van der Waals surface area contributed by atoms with Gasteiger partial charge in [0.1, 0.15) is 0 Å². The van der Waals surface area contributed by atoms with Gasteiger partial charge in [-0.15, -0.1) is 0 Å². The maximum Gasteiger partial charge on any atom is 0.306 e. The van der Waals surface area contributed by atoms with Gasteiger partial charge in [-0.1, -0.05) is 6.42 Å². The van der Waals surface area contributed by atoms with Gasteiger partial charge in [0, 0.05) is 0 Å². The minimum absolute atomic E-state index is 0.0281. The van der Waals surface area contributed by atoms with Crippen LogP contribution in [0.15, 0.2) is 0 Å². The molecule has 0 N–H and O–H groups in total. The van der Waals surface area contributed by atoms with Gasteiger partial charge in [-0.2, -0.15) is 0 Å². The summed E-state index contributed by atoms with van der Waals surface area (Å²) in [6.45, 7) is 1.61. The van der Waals surface area contributed by atoms with Crippen molar-refractivity contribution in [3.05, 3.63) is 0 Å². The standard InChI is InChI=1S/C13H22O4S/c1-9(5-13(14)17-2)18(15,16)8-12-7-10-3-4-11(12)6-10/h9-12H,3-8H2,1-2H3. The Morgan fingerprint density at radius 2 is 2.06 bits per heavy atom. The second kappa shape index (κ2) is 5.19. The fourth-order valence-corrected chi connectivity index (χ4v) is 5.21. The molecule has 18 heavy (non-hydrogen) atoms. The molecule has 2 bridgehead atoms. The number of hydrogen-bond donors (Lipinski definition) is 0. The molecule has 2 fully saturated rings. The van der Waals surface area contributed by atoms with E-state index in [0.717, 1.165) is 12.3 Å². The third kappa shape index (κ3) is 2.87. The topological polar surface area (TPSA) is 60.4 Å². The lowest BCUT2D eigenvalue weighted by Crippen LogP contribution is -2.30. The van der Waals surface area contributed by atoms with Gasteiger partial charge >= 0.3 is 5.97 Å². The van der Waals surface area contributed by atoms with Crippen LogP contribution in [0.3, 0.4) is 0 Å². The summed E-state index contributed by atoms with van der Waals surface area (Å²) in [6.07, 6.45) is 4.72. The number of esters is 1. The van der Waals surface area contributed by atoms with Gasteiger partial charge in [-0.3, -0.25) is 4.79 Å². The monoisotopic (exact) mass is 274 g/mol. The fraction of sp³-hybridized carbons (Fsp3) is 0.923. The molecule has 0 aromatic rings. The van der Waals surface area contributed by atoms with Gasteiger partial charge in [-0.25, -0.2) is 8.42 Å². The van der Waals surface area contributed by atoms with E-state index in [1.54, 1.807) is 6.92 Å². The van der Waals surface area contributed by atoms with Gasteiger partial charge in [0.25, 0.3) is 0 Å². The summed E-state index contributed by atoms with van der Waals surface area (Å²) in [5.41, 5.74) is 0. The van der Waals surface area contributed by atoms with Crippen LogP contribution < -0.4 is 0 Å². The Morgan fingerprint density at radius 3 is 2.56 bits per heavy atom. The summed E-state index contributed by atoms with van der Waals surface area (Å²) in [4.78, 5) is 11.1. The number of methoxy groups -OCH3 is 1. The first-order valence-corrected chi connectivity index (χ1v) is 8.42. The molecule has 0 aliphatic heterocycles. The molecule has 0 amide bonds. The smallest absolute Gasteiger partial charge is 0.306 e. The van der Waals surface area contributed by atoms with Crippen molar-refractivity contribution < 1.29 is 17.9 Å². The maximum absolute atomic E-state index is 12.2. The summed E-state index contributed by atoms with van der Waals surface area (Å²) >= 11 is 0. The summed E-state index contributed by atoms with van der Waals surface area (Å²) in [5.74, 6) is 1.50. The number of carbonyl (C=O) groups excluding carboxylic acids is 1. The molecular formula is C13H22O4S. The molecule has 2 aliphatic carbocycles. The Morgan fingerprint density at radius 1 is 1.33 bits per heavy atom. The Balaban J connectivity index is 1.93. The van der Waals surface area contributed by atoms with Crippen molar-refractivity contribution in [2.24, 2.45) is 17.8 Å². The quantitative estimate of drug-likeness (QED) is 0.717. The Bertz CT molecular complexity index is 415. The zero-order valence-electron chi connectivity index (χ0n) is 11.1. The van der Waals surface area contributed by atoms with E-state index < -0.39 is 21.1 Å². The Labute approximate surface area is 109 Å². The molecule has 5 heteroatoms. The first-order valence-electron chi connectivity index (χ1n) is 6.70. The van der Waals surface area contributed by atoms with Gasteiger partial charge in [0.2, 0.25) is 0 Å². The lowest BCUT2D eigenvalue weighted by molar-refractivity contribution is -0.140. The summed E-state index contributed by atoms with van der Waals surface area (Å²) < 4.78 is 28.9. The minimum atomic E-state index is -3.17. The predicted octanol–water partition coefficient (Wildman–Crippen LogP) is 1.79. The highest BCUT2D eigenvalue weighted by atomic mass is 32.2. The highest BCUT2D eigenvalue weighted by Gasteiger charge is 2.42. The van der Waals surface area contributed by atoms with Crippen molar-refractivity contribution in [3.63, 3.8) is 0 Å². The number of hydrogen-bond acceptors (Lipinski definition) is 4. The summed E-state index contributed by atoms with van der Waals surface area (Å²) in [6, 6.07) is 0. The van der Waals surface area contributed by atoms with E-state index >= 15 is 0 Å². The second-order valence-electron chi connectivity index (χ2n) is 5.86. The first-order chi connectivity index (χ1) is 8.42. The van der Waals surface area contributed by atoms with Crippen molar-refractivity contribution in [2.75, 3.05) is 12.9 Å². The van der Waals surface area contributed by atoms with Gasteiger partial charge < -0.3 is 4.74 Å². The SMILES string of the molecule is COC(=O)CC(C)S(=O)(=O)CC1CC2CCC1C2. The fourth-order valence-electron chi connectivity index (χ4n) is 3.49. The molecule has 104 valence electrons. The molecule has 0 aromatic heterocycles. The average Bonchev–Trinajstić information content (AvgIpc) is 2.89. The molecule has 4 atom stereocenters. The van der Waals surface area contributed by atoms with Crippen LogP contribution >= 0.6 is 0 Å². The zero-order chi connectivity index (χ0) is 13.3. The van der Waals surface area contributed by atoms with E-state index in [0.29, 0.717) is 11.8 Å². The van der Waals surface area contributed by atoms with Crippen molar-refractivity contribution in [1.82, 2.24) is 0 Å². The number of ether oxygens (including phenoxy) is 1. The normalized spacial score (nSPS) is 32.4. The van der Waals surface area contributed by atoms with E-state index in [-0.39, 0.29) is 12.2 Å². The van der Waals surface area contributed by atoms with Crippen LogP contribution in [0.2, 0.25) is 0 Å². The molecule has 0 aromatic carbocycles. The molecule has 4 nitrogen and oxygen atoms in total. The lowest BCUT2D eigenvalue weighted by Gasteiger charge is -2.23. The van der Waals surface area contributed by atoms with Crippen molar-refractivity contribution >= 4 is 15.8 Å². The zero-order valence-corrected chi connectivity index (χ0v) is 11.9. The largest absolute Gasteiger partial charge is 0.469 e. The first kappa shape index (κ1) is 13.8. The van der Waals surface area contributed by atoms with Crippen molar-refractivity contribution in [1.29, 1.82) is 0 Å². The molecule has 0 radical (unpaired) electrons. The third-order valence-electron chi connectivity index (χ3n) is 4.63. The van der Waals surface area contributed by atoms with Crippen LogP contribution in [-0.2, 0) is 19.4 Å². The van der Waals surface area contributed by atoms with E-state index in [2.05, 4.69) is 4.74 Å². The lowest BCUT2D eigenvalue weighted by atomic mass is 9.90. The predicted molar refractivity (Wildman–Crippen MR) is 68.8 cm³/mol. The van der Waals surface area contributed by atoms with Crippen LogP contribution in [0.1, 0.15) is 39.0 Å². The second-order valence-corrected chi connectivity index (χ2v) is 8.32. The van der Waals surface area contributed by atoms with Crippen LogP contribution in [0, 0.1) is 17.8 Å². The van der Waals surface area contributed by atoms with Crippen LogP contribution in [0.5, 0.6) is 0 Å². The van der Waals surface area contributed by atoms with E-state index in [9.17, 15) is 13.2 Å². The highest BCUT2D eigenvalue weighted by Crippen LogP contribution is 2.48. The van der Waals surface area contributed by atoms with Crippen LogP contribution in [-0.4, -0.2) is 32.5 Å². The van der Waals surface area contributed by atoms with E-state index in [4.69, 9.17) is 0 Å². The van der Waals surface area contributed by atoms with E-state index in [1.165, 1.54) is 26.4 Å². The maximum atomic E-state index is 12.2. The Kier molecular flexibility index (Phi) is 3.99. The minimum Gasteiger partial charge on any atom is -0.469 e. The van der Waals surface area contributed by atoms with Crippen LogP contribution in [0.4, 0.5) is 0 Å². The number of fused-ring (bicyclic) bond motifs is 2. The number of carbonyl (C=O) groups is 1. The van der Waals surface area contributed by atoms with Gasteiger partial charge in [0.15, 0.2) is 9.84 Å². The van der Waals surface area contributed by atoms with Gasteiger partial charge in [0.05, 0.1) is 24.5 Å². The molecule has 0 spiro atoms. The molecule has 0 saturated heterocycles. The molecule has 2 saturated carbocycles. The number of rotatable bonds is 5. The third-order valence-corrected chi connectivity index (χ3v) is 6.91. The average molecular weight is 274 g/mol. The number of sulfone groups is 1.